The molecule has 0 aliphatic carbocycles. The van der Waals surface area contributed by atoms with Gasteiger partial charge in [-0.05, 0) is 47.4 Å². The number of hydrogen-bond acceptors (Lipinski definition) is 4. The number of nitrogen functional groups attached to an aromatic ring is 1. The fourth-order valence-corrected chi connectivity index (χ4v) is 3.35. The predicted molar refractivity (Wildman–Crippen MR) is 117 cm³/mol. The smallest absolute Gasteiger partial charge is 0.222 e. The number of nitrogens with zero attached hydrogens (tertiary/aromatic N) is 2. The van der Waals surface area contributed by atoms with Crippen LogP contribution in [0.15, 0.2) is 78.9 Å². The van der Waals surface area contributed by atoms with Crippen molar-refractivity contribution in [1.29, 1.82) is 0 Å². The number of hydrogen-bond donors (Lipinski definition) is 2. The van der Waals surface area contributed by atoms with Gasteiger partial charge in [0.15, 0.2) is 0 Å². The number of halogens is 1. The van der Waals surface area contributed by atoms with Crippen LogP contribution >= 0.6 is 11.6 Å². The van der Waals surface area contributed by atoms with Gasteiger partial charge in [-0.15, -0.1) is 0 Å². The van der Waals surface area contributed by atoms with Crippen LogP contribution in [-0.2, 0) is 0 Å². The van der Waals surface area contributed by atoms with Gasteiger partial charge >= 0.3 is 0 Å². The molecule has 0 aliphatic heterocycles. The molecule has 0 saturated carbocycles. The summed E-state index contributed by atoms with van der Waals surface area (Å²) in [6.07, 6.45) is 0. The highest BCUT2D eigenvalue weighted by atomic mass is 35.5. The Bertz CT molecular complexity index is 1090. The lowest BCUT2D eigenvalue weighted by molar-refractivity contribution is 1.12. The van der Waals surface area contributed by atoms with E-state index < -0.39 is 0 Å². The van der Waals surface area contributed by atoms with E-state index in [0.29, 0.717) is 10.8 Å². The van der Waals surface area contributed by atoms with Crippen molar-refractivity contribution in [2.24, 2.45) is 0 Å². The predicted octanol–water partition coefficient (Wildman–Crippen LogP) is 6.10. The van der Waals surface area contributed by atoms with Gasteiger partial charge in [-0.2, -0.15) is 4.98 Å². The molecule has 3 N–H and O–H groups in total. The minimum Gasteiger partial charge on any atom is -0.368 e. The summed E-state index contributed by atoms with van der Waals surface area (Å²) in [5, 5.41) is 3.90. The van der Waals surface area contributed by atoms with Gasteiger partial charge in [0.2, 0.25) is 5.95 Å². The number of rotatable bonds is 4. The number of benzene rings is 3. The molecule has 138 valence electrons. The molecule has 0 radical (unpaired) electrons. The van der Waals surface area contributed by atoms with Crippen molar-refractivity contribution in [2.75, 3.05) is 11.1 Å². The maximum absolute atomic E-state index is 6.36. The second kappa shape index (κ2) is 7.71. The van der Waals surface area contributed by atoms with Crippen LogP contribution in [0.2, 0.25) is 5.02 Å². The summed E-state index contributed by atoms with van der Waals surface area (Å²) in [6, 6.07) is 26.4. The minimum absolute atomic E-state index is 0.237. The standard InChI is InChI=1S/C23H19ClN4/c1-15-11-22(28-23(25)26-15)27-21-13-19(12-20(24)14-21)18-9-7-17(8-10-18)16-5-3-2-4-6-16/h2-14H,1H3,(H3,25,26,27,28). The summed E-state index contributed by atoms with van der Waals surface area (Å²) in [7, 11) is 0. The Kier molecular flexibility index (Phi) is 4.96. The van der Waals surface area contributed by atoms with Crippen LogP contribution in [0, 0.1) is 6.92 Å². The molecule has 0 fully saturated rings. The van der Waals surface area contributed by atoms with Crippen LogP contribution in [0.5, 0.6) is 0 Å². The average Bonchev–Trinajstić information content (AvgIpc) is 2.67. The lowest BCUT2D eigenvalue weighted by Gasteiger charge is -2.11. The molecule has 28 heavy (non-hydrogen) atoms. The third-order valence-corrected chi connectivity index (χ3v) is 4.59. The zero-order chi connectivity index (χ0) is 19.5. The highest BCUT2D eigenvalue weighted by Crippen LogP contribution is 2.30. The summed E-state index contributed by atoms with van der Waals surface area (Å²) in [5.41, 5.74) is 11.9. The number of nitrogens with two attached hydrogens (primary N) is 1. The molecule has 0 saturated heterocycles. The van der Waals surface area contributed by atoms with Crippen LogP contribution in [0.3, 0.4) is 0 Å². The highest BCUT2D eigenvalue weighted by Gasteiger charge is 2.06. The van der Waals surface area contributed by atoms with E-state index in [0.717, 1.165) is 22.5 Å². The molecule has 5 heteroatoms. The number of aromatic nitrogens is 2. The van der Waals surface area contributed by atoms with Gasteiger partial charge in [-0.1, -0.05) is 66.2 Å². The van der Waals surface area contributed by atoms with E-state index >= 15 is 0 Å². The number of aryl methyl sites for hydroxylation is 1. The van der Waals surface area contributed by atoms with Gasteiger partial charge < -0.3 is 11.1 Å². The maximum Gasteiger partial charge on any atom is 0.222 e. The van der Waals surface area contributed by atoms with Gasteiger partial charge in [0.05, 0.1) is 0 Å². The molecule has 3 aromatic carbocycles. The molecular weight excluding hydrogens is 368 g/mol. The van der Waals surface area contributed by atoms with Gasteiger partial charge in [0.1, 0.15) is 5.82 Å². The first kappa shape index (κ1) is 18.0. The Hall–Kier alpha value is -3.37. The number of nitrogens with one attached hydrogen (secondary N) is 1. The second-order valence-corrected chi connectivity index (χ2v) is 6.99. The molecule has 1 aromatic heterocycles. The van der Waals surface area contributed by atoms with Crippen molar-refractivity contribution >= 4 is 29.1 Å². The SMILES string of the molecule is Cc1cc(Nc2cc(Cl)cc(-c3ccc(-c4ccccc4)cc3)c2)nc(N)n1. The second-order valence-electron chi connectivity index (χ2n) is 6.55. The summed E-state index contributed by atoms with van der Waals surface area (Å²) < 4.78 is 0. The first-order chi connectivity index (χ1) is 13.6. The topological polar surface area (TPSA) is 63.8 Å². The Morgan fingerprint density at radius 2 is 1.39 bits per heavy atom. The van der Waals surface area contributed by atoms with Gasteiger partial charge in [-0.25, -0.2) is 4.98 Å². The molecular formula is C23H19ClN4. The fourth-order valence-electron chi connectivity index (χ4n) is 3.12. The molecule has 1 heterocycles. The Balaban J connectivity index is 1.63. The monoisotopic (exact) mass is 386 g/mol. The molecule has 0 atom stereocenters. The summed E-state index contributed by atoms with van der Waals surface area (Å²) in [6.45, 7) is 1.88. The van der Waals surface area contributed by atoms with Crippen LogP contribution in [0.25, 0.3) is 22.3 Å². The molecule has 0 aliphatic rings. The van der Waals surface area contributed by atoms with E-state index in [1.54, 1.807) is 0 Å². The molecule has 0 spiro atoms. The first-order valence-corrected chi connectivity index (χ1v) is 9.29. The largest absolute Gasteiger partial charge is 0.368 e. The van der Waals surface area contributed by atoms with Gasteiger partial charge in [0, 0.05) is 22.5 Å². The van der Waals surface area contributed by atoms with E-state index in [1.807, 2.05) is 49.4 Å². The van der Waals surface area contributed by atoms with E-state index in [9.17, 15) is 0 Å². The Morgan fingerprint density at radius 1 is 0.750 bits per heavy atom. The molecule has 0 bridgehead atoms. The minimum atomic E-state index is 0.237. The van der Waals surface area contributed by atoms with Crippen molar-refractivity contribution in [2.45, 2.75) is 6.92 Å². The van der Waals surface area contributed by atoms with Gasteiger partial charge in [0.25, 0.3) is 0 Å². The van der Waals surface area contributed by atoms with E-state index in [1.165, 1.54) is 11.1 Å². The van der Waals surface area contributed by atoms with Crippen LogP contribution in [-0.4, -0.2) is 9.97 Å². The summed E-state index contributed by atoms with van der Waals surface area (Å²) >= 11 is 6.36. The Morgan fingerprint density at radius 3 is 2.07 bits per heavy atom. The summed E-state index contributed by atoms with van der Waals surface area (Å²) in [4.78, 5) is 8.31. The van der Waals surface area contributed by atoms with Crippen molar-refractivity contribution in [3.8, 4) is 22.3 Å². The van der Waals surface area contributed by atoms with E-state index in [-0.39, 0.29) is 5.95 Å². The van der Waals surface area contributed by atoms with Gasteiger partial charge in [-0.3, -0.25) is 0 Å². The van der Waals surface area contributed by atoms with Crippen molar-refractivity contribution < 1.29 is 0 Å². The van der Waals surface area contributed by atoms with E-state index in [4.69, 9.17) is 17.3 Å². The van der Waals surface area contributed by atoms with E-state index in [2.05, 4.69) is 51.7 Å². The molecule has 4 aromatic rings. The normalized spacial score (nSPS) is 10.6. The third kappa shape index (κ3) is 4.13. The lowest BCUT2D eigenvalue weighted by Crippen LogP contribution is -2.01. The third-order valence-electron chi connectivity index (χ3n) is 4.37. The maximum atomic E-state index is 6.36. The van der Waals surface area contributed by atoms with Crippen molar-refractivity contribution in [3.63, 3.8) is 0 Å². The van der Waals surface area contributed by atoms with Crippen LogP contribution < -0.4 is 11.1 Å². The summed E-state index contributed by atoms with van der Waals surface area (Å²) in [5.74, 6) is 0.874. The number of anilines is 3. The lowest BCUT2D eigenvalue weighted by atomic mass is 10.00. The fraction of sp³-hybridized carbons (Fsp3) is 0.0435. The molecule has 0 unspecified atom stereocenters. The van der Waals surface area contributed by atoms with Crippen molar-refractivity contribution in [1.82, 2.24) is 9.97 Å². The molecule has 4 rings (SSSR count). The highest BCUT2D eigenvalue weighted by molar-refractivity contribution is 6.31. The molecule has 4 nitrogen and oxygen atoms in total. The van der Waals surface area contributed by atoms with Crippen LogP contribution in [0.1, 0.15) is 5.69 Å². The Labute approximate surface area is 169 Å². The zero-order valence-electron chi connectivity index (χ0n) is 15.4. The average molecular weight is 387 g/mol. The van der Waals surface area contributed by atoms with Crippen molar-refractivity contribution in [3.05, 3.63) is 89.6 Å². The quantitative estimate of drug-likeness (QED) is 0.445. The zero-order valence-corrected chi connectivity index (χ0v) is 16.1. The van der Waals surface area contributed by atoms with Crippen LogP contribution in [0.4, 0.5) is 17.5 Å². The molecule has 0 amide bonds. The first-order valence-electron chi connectivity index (χ1n) is 8.91.